The Bertz CT molecular complexity index is 2810. The Balaban J connectivity index is 1.03. The van der Waals surface area contributed by atoms with Gasteiger partial charge < -0.3 is 8.98 Å². The number of benzene rings is 7. The normalized spacial score (nSPS) is 12.0. The van der Waals surface area contributed by atoms with E-state index >= 15 is 0 Å². The van der Waals surface area contributed by atoms with Gasteiger partial charge in [0.05, 0.1) is 16.7 Å². The van der Waals surface area contributed by atoms with Crippen molar-refractivity contribution in [2.24, 2.45) is 0 Å². The van der Waals surface area contributed by atoms with Gasteiger partial charge in [-0.3, -0.25) is 4.90 Å². The Hall–Kier alpha value is -6.65. The predicted octanol–water partition coefficient (Wildman–Crippen LogP) is 12.3. The molecule has 0 radical (unpaired) electrons. The lowest BCUT2D eigenvalue weighted by atomic mass is 10.00. The van der Waals surface area contributed by atoms with E-state index in [2.05, 4.69) is 143 Å². The number of para-hydroxylation sites is 2. The maximum Gasteiger partial charge on any atom is 0.137 e. The summed E-state index contributed by atoms with van der Waals surface area (Å²) in [6.45, 7) is 0. The third-order valence-corrected chi connectivity index (χ3v) is 9.55. The molecule has 0 unspecified atom stereocenters. The standard InChI is InChI=1S/C45H29N3O/c1-2-10-34(11-3-1)48-39-13-8-9-32-20-21-33-27-31(28-40(48)45(33)44(32)39)17-16-30-18-22-35(23-19-30)47(43-15-6-7-26-46-43)36-24-25-38-37-12-4-5-14-41(37)49-42(38)29-36/h1-29H/b17-16+. The molecule has 7 aromatic carbocycles. The van der Waals surface area contributed by atoms with Gasteiger partial charge in [0.15, 0.2) is 0 Å². The molecule has 3 aromatic heterocycles. The van der Waals surface area contributed by atoms with Crippen molar-refractivity contribution in [1.82, 2.24) is 9.55 Å². The average Bonchev–Trinajstić information content (AvgIpc) is 3.70. The third-order valence-electron chi connectivity index (χ3n) is 9.55. The van der Waals surface area contributed by atoms with Gasteiger partial charge >= 0.3 is 0 Å². The van der Waals surface area contributed by atoms with E-state index < -0.39 is 0 Å². The number of rotatable bonds is 6. The largest absolute Gasteiger partial charge is 0.456 e. The molecule has 0 amide bonds. The van der Waals surface area contributed by atoms with Crippen LogP contribution in [0.1, 0.15) is 11.1 Å². The molecule has 10 aromatic rings. The number of furan rings is 1. The minimum atomic E-state index is 0.841. The number of hydrogen-bond donors (Lipinski definition) is 0. The topological polar surface area (TPSA) is 34.2 Å². The van der Waals surface area contributed by atoms with E-state index in [0.717, 1.165) is 50.3 Å². The quantitative estimate of drug-likeness (QED) is 0.136. The van der Waals surface area contributed by atoms with Crippen LogP contribution in [0.5, 0.6) is 0 Å². The van der Waals surface area contributed by atoms with Crippen LogP contribution in [-0.2, 0) is 0 Å². The SMILES string of the molecule is C(=C\c1cc2ccc3cccc4c3c2c(c1)n4-c1ccccc1)/c1ccc(N(c2ccc3c(c2)oc2ccccc23)c2ccccn2)cc1. The zero-order valence-corrected chi connectivity index (χ0v) is 26.5. The zero-order chi connectivity index (χ0) is 32.3. The van der Waals surface area contributed by atoms with Crippen molar-refractivity contribution in [2.45, 2.75) is 0 Å². The molecule has 0 saturated carbocycles. The molecule has 4 heteroatoms. The van der Waals surface area contributed by atoms with E-state index in [4.69, 9.17) is 9.40 Å². The minimum Gasteiger partial charge on any atom is -0.456 e. The number of pyridine rings is 1. The van der Waals surface area contributed by atoms with Crippen LogP contribution in [0.3, 0.4) is 0 Å². The Morgan fingerprint density at radius 2 is 1.27 bits per heavy atom. The molecule has 0 spiro atoms. The van der Waals surface area contributed by atoms with Crippen LogP contribution in [0.15, 0.2) is 168 Å². The Labute approximate surface area is 282 Å². The van der Waals surface area contributed by atoms with Gasteiger partial charge in [0.25, 0.3) is 0 Å². The van der Waals surface area contributed by atoms with Gasteiger partial charge in [-0.25, -0.2) is 4.98 Å². The average molecular weight is 628 g/mol. The highest BCUT2D eigenvalue weighted by Crippen LogP contribution is 2.40. The molecule has 0 fully saturated rings. The van der Waals surface area contributed by atoms with Crippen LogP contribution in [0.25, 0.3) is 72.4 Å². The summed E-state index contributed by atoms with van der Waals surface area (Å²) >= 11 is 0. The summed E-state index contributed by atoms with van der Waals surface area (Å²) in [5.74, 6) is 0.841. The predicted molar refractivity (Wildman–Crippen MR) is 205 cm³/mol. The van der Waals surface area contributed by atoms with E-state index in [-0.39, 0.29) is 0 Å². The highest BCUT2D eigenvalue weighted by Gasteiger charge is 2.18. The molecular weight excluding hydrogens is 599 g/mol. The van der Waals surface area contributed by atoms with Crippen molar-refractivity contribution in [3.05, 3.63) is 175 Å². The number of anilines is 3. The van der Waals surface area contributed by atoms with Crippen LogP contribution in [-0.4, -0.2) is 9.55 Å². The van der Waals surface area contributed by atoms with Crippen molar-refractivity contribution in [1.29, 1.82) is 0 Å². The summed E-state index contributed by atoms with van der Waals surface area (Å²) in [5.41, 5.74) is 9.65. The van der Waals surface area contributed by atoms with Gasteiger partial charge in [0.1, 0.15) is 17.0 Å². The summed E-state index contributed by atoms with van der Waals surface area (Å²) in [7, 11) is 0. The molecule has 0 saturated heterocycles. The van der Waals surface area contributed by atoms with Crippen LogP contribution < -0.4 is 4.90 Å². The summed E-state index contributed by atoms with van der Waals surface area (Å²) < 4.78 is 8.64. The first-order valence-corrected chi connectivity index (χ1v) is 16.5. The molecule has 0 N–H and O–H groups in total. The highest BCUT2D eigenvalue weighted by atomic mass is 16.3. The van der Waals surface area contributed by atoms with Gasteiger partial charge in [0, 0.05) is 45.2 Å². The van der Waals surface area contributed by atoms with E-state index in [1.54, 1.807) is 0 Å². The fourth-order valence-corrected chi connectivity index (χ4v) is 7.35. The van der Waals surface area contributed by atoms with Crippen molar-refractivity contribution in [3.8, 4) is 5.69 Å². The first kappa shape index (κ1) is 27.5. The molecule has 49 heavy (non-hydrogen) atoms. The maximum absolute atomic E-state index is 6.24. The lowest BCUT2D eigenvalue weighted by Crippen LogP contribution is -2.11. The first-order valence-electron chi connectivity index (χ1n) is 16.5. The molecule has 0 aliphatic heterocycles. The molecule has 10 rings (SSSR count). The fourth-order valence-electron chi connectivity index (χ4n) is 7.35. The van der Waals surface area contributed by atoms with Crippen LogP contribution in [0.4, 0.5) is 17.2 Å². The first-order chi connectivity index (χ1) is 24.3. The van der Waals surface area contributed by atoms with Gasteiger partial charge in [0.2, 0.25) is 0 Å². The summed E-state index contributed by atoms with van der Waals surface area (Å²) in [4.78, 5) is 6.89. The molecule has 0 aliphatic rings. The Morgan fingerprint density at radius 1 is 0.510 bits per heavy atom. The van der Waals surface area contributed by atoms with Gasteiger partial charge in [-0.2, -0.15) is 0 Å². The zero-order valence-electron chi connectivity index (χ0n) is 26.5. The Morgan fingerprint density at radius 3 is 2.14 bits per heavy atom. The Kier molecular flexibility index (Phi) is 6.15. The van der Waals surface area contributed by atoms with Crippen molar-refractivity contribution >= 4 is 83.9 Å². The fraction of sp³-hybridized carbons (Fsp3) is 0. The second-order valence-electron chi connectivity index (χ2n) is 12.5. The summed E-state index contributed by atoms with van der Waals surface area (Å²) in [5, 5.41) is 7.38. The molecule has 0 aliphatic carbocycles. The minimum absolute atomic E-state index is 0.841. The molecule has 0 atom stereocenters. The molecule has 3 heterocycles. The number of hydrogen-bond acceptors (Lipinski definition) is 3. The number of fused-ring (bicyclic) bond motifs is 3. The lowest BCUT2D eigenvalue weighted by Gasteiger charge is -2.24. The number of nitrogens with zero attached hydrogens (tertiary/aromatic N) is 3. The highest BCUT2D eigenvalue weighted by molar-refractivity contribution is 6.24. The van der Waals surface area contributed by atoms with E-state index in [9.17, 15) is 0 Å². The molecule has 0 bridgehead atoms. The molecular formula is C45H29N3O. The summed E-state index contributed by atoms with van der Waals surface area (Å²) in [6, 6.07) is 55.5. The monoisotopic (exact) mass is 627 g/mol. The smallest absolute Gasteiger partial charge is 0.137 e. The third kappa shape index (κ3) is 4.49. The van der Waals surface area contributed by atoms with E-state index in [1.165, 1.54) is 38.3 Å². The van der Waals surface area contributed by atoms with E-state index in [0.29, 0.717) is 0 Å². The number of aromatic nitrogens is 2. The summed E-state index contributed by atoms with van der Waals surface area (Å²) in [6.07, 6.45) is 6.24. The van der Waals surface area contributed by atoms with Crippen LogP contribution >= 0.6 is 0 Å². The van der Waals surface area contributed by atoms with E-state index in [1.807, 2.05) is 42.6 Å². The van der Waals surface area contributed by atoms with Gasteiger partial charge in [-0.05, 0) is 94.7 Å². The molecule has 230 valence electrons. The van der Waals surface area contributed by atoms with Gasteiger partial charge in [-0.1, -0.05) is 91.0 Å². The second kappa shape index (κ2) is 11.0. The van der Waals surface area contributed by atoms with Crippen molar-refractivity contribution in [3.63, 3.8) is 0 Å². The van der Waals surface area contributed by atoms with Crippen molar-refractivity contribution in [2.75, 3.05) is 4.90 Å². The van der Waals surface area contributed by atoms with Gasteiger partial charge in [-0.15, -0.1) is 0 Å². The van der Waals surface area contributed by atoms with Crippen molar-refractivity contribution < 1.29 is 4.42 Å². The van der Waals surface area contributed by atoms with Crippen LogP contribution in [0, 0.1) is 0 Å². The molecule has 4 nitrogen and oxygen atoms in total. The van der Waals surface area contributed by atoms with Crippen LogP contribution in [0.2, 0.25) is 0 Å². The maximum atomic E-state index is 6.24. The lowest BCUT2D eigenvalue weighted by molar-refractivity contribution is 0.669. The second-order valence-corrected chi connectivity index (χ2v) is 12.5.